The minimum absolute atomic E-state index is 0.0101. The molecule has 5 heteroatoms. The van der Waals surface area contributed by atoms with Crippen molar-refractivity contribution in [3.05, 3.63) is 59.7 Å². The molecule has 1 aliphatic rings. The van der Waals surface area contributed by atoms with Crippen LogP contribution in [0.2, 0.25) is 0 Å². The molecular weight excluding hydrogens is 340 g/mol. The summed E-state index contributed by atoms with van der Waals surface area (Å²) in [6.45, 7) is 4.60. The molecule has 0 fully saturated rings. The first-order valence-electron chi connectivity index (χ1n) is 9.46. The van der Waals surface area contributed by atoms with Gasteiger partial charge >= 0.3 is 0 Å². The minimum Gasteiger partial charge on any atom is -0.482 e. The van der Waals surface area contributed by atoms with E-state index >= 15 is 0 Å². The predicted octanol–water partition coefficient (Wildman–Crippen LogP) is 3.77. The Hall–Kier alpha value is -2.82. The number of nitrogens with zero attached hydrogens (tertiary/aromatic N) is 1. The van der Waals surface area contributed by atoms with Crippen molar-refractivity contribution in [3.63, 3.8) is 0 Å². The van der Waals surface area contributed by atoms with Crippen LogP contribution < -0.4 is 15.0 Å². The largest absolute Gasteiger partial charge is 0.482 e. The van der Waals surface area contributed by atoms with Crippen molar-refractivity contribution in [3.8, 4) is 5.75 Å². The van der Waals surface area contributed by atoms with Gasteiger partial charge in [0.05, 0.1) is 11.7 Å². The number of anilines is 1. The topological polar surface area (TPSA) is 58.6 Å². The molecule has 0 bridgehead atoms. The quantitative estimate of drug-likeness (QED) is 0.811. The molecular formula is C22H26N2O3. The van der Waals surface area contributed by atoms with Crippen molar-refractivity contribution in [1.82, 2.24) is 5.32 Å². The van der Waals surface area contributed by atoms with Gasteiger partial charge < -0.3 is 15.0 Å². The second-order valence-corrected chi connectivity index (χ2v) is 6.85. The van der Waals surface area contributed by atoms with Gasteiger partial charge in [0.2, 0.25) is 5.91 Å². The minimum atomic E-state index is -0.0655. The third-order valence-electron chi connectivity index (χ3n) is 4.79. The fourth-order valence-electron chi connectivity index (χ4n) is 3.33. The Kier molecular flexibility index (Phi) is 6.12. The van der Waals surface area contributed by atoms with Crippen LogP contribution in [0.5, 0.6) is 5.75 Å². The maximum absolute atomic E-state index is 12.4. The van der Waals surface area contributed by atoms with E-state index in [2.05, 4.69) is 12.2 Å². The number of amides is 2. The zero-order chi connectivity index (χ0) is 19.2. The summed E-state index contributed by atoms with van der Waals surface area (Å²) in [5, 5.41) is 3.09. The molecule has 2 amide bonds. The number of fused-ring (bicyclic) bond motifs is 1. The first kappa shape index (κ1) is 19.0. The maximum atomic E-state index is 12.4. The number of hydrogen-bond acceptors (Lipinski definition) is 3. The summed E-state index contributed by atoms with van der Waals surface area (Å²) in [6, 6.07) is 15.8. The summed E-state index contributed by atoms with van der Waals surface area (Å²) in [5.41, 5.74) is 2.98. The molecule has 0 radical (unpaired) electrons. The summed E-state index contributed by atoms with van der Waals surface area (Å²) in [4.78, 5) is 26.4. The second kappa shape index (κ2) is 8.71. The van der Waals surface area contributed by atoms with E-state index in [1.54, 1.807) is 4.90 Å². The molecule has 1 N–H and O–H groups in total. The van der Waals surface area contributed by atoms with Crippen molar-refractivity contribution < 1.29 is 14.3 Å². The van der Waals surface area contributed by atoms with Gasteiger partial charge in [0, 0.05) is 13.0 Å². The highest BCUT2D eigenvalue weighted by molar-refractivity contribution is 5.98. The van der Waals surface area contributed by atoms with E-state index in [4.69, 9.17) is 4.74 Å². The molecule has 142 valence electrons. The standard InChI is InChI=1S/C22H26N2O3/c1-3-18(17-8-5-4-6-9-17)23-21(25)10-7-13-24-19-14-16(2)11-12-20(19)27-15-22(24)26/h4-6,8-9,11-12,14,18H,3,7,10,13,15H2,1-2H3,(H,23,25). The Labute approximate surface area is 160 Å². The van der Waals surface area contributed by atoms with E-state index in [0.29, 0.717) is 19.4 Å². The number of aryl methyl sites for hydroxylation is 1. The van der Waals surface area contributed by atoms with Gasteiger partial charge in [0.1, 0.15) is 5.75 Å². The third kappa shape index (κ3) is 4.67. The van der Waals surface area contributed by atoms with Crippen LogP contribution in [0.1, 0.15) is 43.4 Å². The van der Waals surface area contributed by atoms with E-state index in [1.165, 1.54) is 0 Å². The number of hydrogen-bond donors (Lipinski definition) is 1. The van der Waals surface area contributed by atoms with Gasteiger partial charge in [-0.25, -0.2) is 0 Å². The number of nitrogens with one attached hydrogen (secondary N) is 1. The van der Waals surface area contributed by atoms with Gasteiger partial charge in [-0.05, 0) is 43.0 Å². The monoisotopic (exact) mass is 366 g/mol. The Morgan fingerprint density at radius 3 is 2.74 bits per heavy atom. The highest BCUT2D eigenvalue weighted by atomic mass is 16.5. The first-order chi connectivity index (χ1) is 13.1. The Morgan fingerprint density at radius 2 is 2.00 bits per heavy atom. The molecule has 0 aliphatic carbocycles. The van der Waals surface area contributed by atoms with Gasteiger partial charge in [-0.15, -0.1) is 0 Å². The van der Waals surface area contributed by atoms with E-state index in [9.17, 15) is 9.59 Å². The summed E-state index contributed by atoms with van der Waals surface area (Å²) in [6.07, 6.45) is 1.83. The molecule has 3 rings (SSSR count). The molecule has 2 aromatic rings. The maximum Gasteiger partial charge on any atom is 0.265 e. The summed E-state index contributed by atoms with van der Waals surface area (Å²) < 4.78 is 5.49. The number of benzene rings is 2. The predicted molar refractivity (Wildman–Crippen MR) is 106 cm³/mol. The zero-order valence-electron chi connectivity index (χ0n) is 15.9. The van der Waals surface area contributed by atoms with E-state index in [0.717, 1.165) is 29.0 Å². The van der Waals surface area contributed by atoms with Gasteiger partial charge in [0.15, 0.2) is 6.61 Å². The van der Waals surface area contributed by atoms with Crippen LogP contribution in [-0.4, -0.2) is 25.0 Å². The van der Waals surface area contributed by atoms with Crippen molar-refractivity contribution in [2.45, 2.75) is 39.2 Å². The summed E-state index contributed by atoms with van der Waals surface area (Å²) in [7, 11) is 0. The molecule has 5 nitrogen and oxygen atoms in total. The molecule has 1 unspecified atom stereocenters. The Morgan fingerprint density at radius 1 is 1.22 bits per heavy atom. The van der Waals surface area contributed by atoms with Crippen molar-refractivity contribution in [2.24, 2.45) is 0 Å². The van der Waals surface area contributed by atoms with Crippen LogP contribution >= 0.6 is 0 Å². The lowest BCUT2D eigenvalue weighted by Crippen LogP contribution is -2.40. The van der Waals surface area contributed by atoms with Crippen LogP contribution in [0.15, 0.2) is 48.5 Å². The molecule has 0 saturated carbocycles. The van der Waals surface area contributed by atoms with Gasteiger partial charge in [0.25, 0.3) is 5.91 Å². The fraction of sp³-hybridized carbons (Fsp3) is 0.364. The first-order valence-corrected chi connectivity index (χ1v) is 9.46. The molecule has 1 heterocycles. The third-order valence-corrected chi connectivity index (χ3v) is 4.79. The highest BCUT2D eigenvalue weighted by Gasteiger charge is 2.25. The van der Waals surface area contributed by atoms with Gasteiger partial charge in [-0.1, -0.05) is 43.3 Å². The van der Waals surface area contributed by atoms with Crippen LogP contribution in [-0.2, 0) is 9.59 Å². The van der Waals surface area contributed by atoms with Crippen LogP contribution in [0, 0.1) is 6.92 Å². The van der Waals surface area contributed by atoms with E-state index < -0.39 is 0 Å². The average molecular weight is 366 g/mol. The van der Waals surface area contributed by atoms with Crippen molar-refractivity contribution in [1.29, 1.82) is 0 Å². The van der Waals surface area contributed by atoms with E-state index in [1.807, 2.05) is 55.5 Å². The SMILES string of the molecule is CCC(NC(=O)CCCN1C(=O)COc2ccc(C)cc21)c1ccccc1. The average Bonchev–Trinajstić information content (AvgIpc) is 2.68. The smallest absolute Gasteiger partial charge is 0.265 e. The summed E-state index contributed by atoms with van der Waals surface area (Å²) >= 11 is 0. The zero-order valence-corrected chi connectivity index (χ0v) is 15.9. The number of carbonyl (C=O) groups excluding carboxylic acids is 2. The van der Waals surface area contributed by atoms with Crippen molar-refractivity contribution >= 4 is 17.5 Å². The number of carbonyl (C=O) groups is 2. The lowest BCUT2D eigenvalue weighted by molar-refractivity contribution is -0.123. The van der Waals surface area contributed by atoms with Gasteiger partial charge in [-0.3, -0.25) is 9.59 Å². The van der Waals surface area contributed by atoms with Crippen molar-refractivity contribution in [2.75, 3.05) is 18.1 Å². The highest BCUT2D eigenvalue weighted by Crippen LogP contribution is 2.33. The molecule has 0 spiro atoms. The van der Waals surface area contributed by atoms with E-state index in [-0.39, 0.29) is 24.5 Å². The Balaban J connectivity index is 1.56. The number of rotatable bonds is 7. The van der Waals surface area contributed by atoms with Crippen LogP contribution in [0.25, 0.3) is 0 Å². The van der Waals surface area contributed by atoms with Gasteiger partial charge in [-0.2, -0.15) is 0 Å². The number of ether oxygens (including phenoxy) is 1. The lowest BCUT2D eigenvalue weighted by atomic mass is 10.0. The second-order valence-electron chi connectivity index (χ2n) is 6.85. The molecule has 0 aromatic heterocycles. The molecule has 27 heavy (non-hydrogen) atoms. The Bertz CT molecular complexity index is 804. The normalized spacial score (nSPS) is 14.3. The fourth-order valence-corrected chi connectivity index (χ4v) is 3.33. The molecule has 2 aromatic carbocycles. The molecule has 0 saturated heterocycles. The summed E-state index contributed by atoms with van der Waals surface area (Å²) in [5.74, 6) is 0.667. The van der Waals surface area contributed by atoms with Crippen LogP contribution in [0.4, 0.5) is 5.69 Å². The van der Waals surface area contributed by atoms with Crippen LogP contribution in [0.3, 0.4) is 0 Å². The molecule has 1 atom stereocenters. The molecule has 1 aliphatic heterocycles. The lowest BCUT2D eigenvalue weighted by Gasteiger charge is -2.29.